The molecule has 1 heterocycles. The first kappa shape index (κ1) is 9.34. The van der Waals surface area contributed by atoms with E-state index >= 15 is 0 Å². The molecule has 1 fully saturated rings. The van der Waals surface area contributed by atoms with Gasteiger partial charge in [-0.2, -0.15) is 5.26 Å². The Balaban J connectivity index is 2.25. The molecule has 0 saturated heterocycles. The number of aromatic nitrogens is 3. The van der Waals surface area contributed by atoms with Crippen LogP contribution in [0.25, 0.3) is 0 Å². The van der Waals surface area contributed by atoms with Crippen LogP contribution in [0.4, 0.5) is 0 Å². The van der Waals surface area contributed by atoms with Crippen LogP contribution in [-0.2, 0) is 0 Å². The van der Waals surface area contributed by atoms with E-state index in [1.165, 1.54) is 11.8 Å². The molecule has 0 aliphatic heterocycles. The van der Waals surface area contributed by atoms with Gasteiger partial charge in [0.1, 0.15) is 0 Å². The number of nitriles is 1. The standard InChI is InChI=1S/C8H10N4OS/c1-5(4-9)14-8-11-10-7(13)12(8)6-2-3-6/h5-6H,2-3H2,1H3,(H,10,13)/t5-/m0/s1. The van der Waals surface area contributed by atoms with Gasteiger partial charge < -0.3 is 0 Å². The average Bonchev–Trinajstić information content (AvgIpc) is 2.93. The molecule has 1 aromatic heterocycles. The molecule has 14 heavy (non-hydrogen) atoms. The van der Waals surface area contributed by atoms with E-state index in [0.29, 0.717) is 11.2 Å². The first-order valence-electron chi connectivity index (χ1n) is 4.45. The highest BCUT2D eigenvalue weighted by Gasteiger charge is 2.29. The lowest BCUT2D eigenvalue weighted by atomic mass is 10.5. The van der Waals surface area contributed by atoms with Gasteiger partial charge in [-0.15, -0.1) is 5.10 Å². The maximum Gasteiger partial charge on any atom is 0.344 e. The molecule has 74 valence electrons. The van der Waals surface area contributed by atoms with Crippen molar-refractivity contribution in [2.75, 3.05) is 0 Å². The first-order chi connectivity index (χ1) is 6.72. The highest BCUT2D eigenvalue weighted by atomic mass is 32.2. The SMILES string of the molecule is C[C@@H](C#N)Sc1n[nH]c(=O)n1C1CC1. The van der Waals surface area contributed by atoms with Crippen LogP contribution in [0, 0.1) is 11.3 Å². The van der Waals surface area contributed by atoms with Gasteiger partial charge in [-0.25, -0.2) is 9.89 Å². The van der Waals surface area contributed by atoms with Gasteiger partial charge >= 0.3 is 5.69 Å². The van der Waals surface area contributed by atoms with E-state index in [1.54, 1.807) is 11.5 Å². The van der Waals surface area contributed by atoms with Gasteiger partial charge in [0, 0.05) is 6.04 Å². The lowest BCUT2D eigenvalue weighted by molar-refractivity contribution is 0.642. The molecule has 0 unspecified atom stereocenters. The Labute approximate surface area is 85.1 Å². The second-order valence-electron chi connectivity index (χ2n) is 3.30. The number of H-pyrrole nitrogens is 1. The Morgan fingerprint density at radius 1 is 1.79 bits per heavy atom. The molecule has 1 atom stereocenters. The average molecular weight is 210 g/mol. The van der Waals surface area contributed by atoms with Crippen molar-refractivity contribution in [3.05, 3.63) is 10.5 Å². The second-order valence-corrected chi connectivity index (χ2v) is 4.61. The Morgan fingerprint density at radius 3 is 3.07 bits per heavy atom. The van der Waals surface area contributed by atoms with Crippen molar-refractivity contribution in [1.82, 2.24) is 14.8 Å². The van der Waals surface area contributed by atoms with Crippen molar-refractivity contribution in [2.24, 2.45) is 0 Å². The summed E-state index contributed by atoms with van der Waals surface area (Å²) in [5.41, 5.74) is -0.167. The first-order valence-corrected chi connectivity index (χ1v) is 5.33. The van der Waals surface area contributed by atoms with Crippen LogP contribution in [0.5, 0.6) is 0 Å². The molecule has 0 amide bonds. The molecule has 0 radical (unpaired) electrons. The van der Waals surface area contributed by atoms with Gasteiger partial charge in [0.05, 0.1) is 11.3 Å². The largest absolute Gasteiger partial charge is 0.344 e. The number of aromatic amines is 1. The molecule has 6 heteroatoms. The van der Waals surface area contributed by atoms with Crippen LogP contribution < -0.4 is 5.69 Å². The monoisotopic (exact) mass is 210 g/mol. The molecule has 0 aromatic carbocycles. The fraction of sp³-hybridized carbons (Fsp3) is 0.625. The second kappa shape index (κ2) is 3.50. The highest BCUT2D eigenvalue weighted by Crippen LogP contribution is 2.36. The third-order valence-electron chi connectivity index (χ3n) is 2.05. The van der Waals surface area contributed by atoms with Crippen LogP contribution >= 0.6 is 11.8 Å². The van der Waals surface area contributed by atoms with Crippen LogP contribution in [0.3, 0.4) is 0 Å². The fourth-order valence-electron chi connectivity index (χ4n) is 1.21. The maximum absolute atomic E-state index is 11.3. The topological polar surface area (TPSA) is 74.5 Å². The fourth-order valence-corrected chi connectivity index (χ4v) is 2.03. The zero-order valence-electron chi connectivity index (χ0n) is 7.73. The van der Waals surface area contributed by atoms with Crippen molar-refractivity contribution in [1.29, 1.82) is 5.26 Å². The van der Waals surface area contributed by atoms with Crippen molar-refractivity contribution in [2.45, 2.75) is 36.2 Å². The van der Waals surface area contributed by atoms with Gasteiger partial charge in [-0.05, 0) is 19.8 Å². The van der Waals surface area contributed by atoms with Gasteiger partial charge in [0.2, 0.25) is 0 Å². The highest BCUT2D eigenvalue weighted by molar-refractivity contribution is 8.00. The Morgan fingerprint density at radius 2 is 2.50 bits per heavy atom. The van der Waals surface area contributed by atoms with E-state index in [4.69, 9.17) is 5.26 Å². The van der Waals surface area contributed by atoms with E-state index in [2.05, 4.69) is 16.3 Å². The summed E-state index contributed by atoms with van der Waals surface area (Å²) < 4.78 is 1.65. The normalized spacial score (nSPS) is 17.7. The molecule has 1 saturated carbocycles. The zero-order valence-corrected chi connectivity index (χ0v) is 8.54. The molecule has 2 rings (SSSR count). The molecule has 0 bridgehead atoms. The van der Waals surface area contributed by atoms with Gasteiger partial charge in [-0.1, -0.05) is 11.8 Å². The molecule has 0 spiro atoms. The summed E-state index contributed by atoms with van der Waals surface area (Å²) in [5.74, 6) is 0. The molecular formula is C8H10N4OS. The number of nitrogens with zero attached hydrogens (tertiary/aromatic N) is 3. The predicted molar refractivity (Wildman–Crippen MR) is 52.1 cm³/mol. The van der Waals surface area contributed by atoms with Gasteiger partial charge in [0.25, 0.3) is 0 Å². The number of thioether (sulfide) groups is 1. The van der Waals surface area contributed by atoms with E-state index in [0.717, 1.165) is 12.8 Å². The maximum atomic E-state index is 11.3. The van der Waals surface area contributed by atoms with Gasteiger partial charge in [0.15, 0.2) is 5.16 Å². The third kappa shape index (κ3) is 1.68. The number of hydrogen-bond acceptors (Lipinski definition) is 4. The summed E-state index contributed by atoms with van der Waals surface area (Å²) in [6, 6.07) is 2.40. The van der Waals surface area contributed by atoms with Gasteiger partial charge in [-0.3, -0.25) is 4.57 Å². The number of hydrogen-bond donors (Lipinski definition) is 1. The van der Waals surface area contributed by atoms with Crippen molar-refractivity contribution >= 4 is 11.8 Å². The number of rotatable bonds is 3. The minimum Gasteiger partial charge on any atom is -0.267 e. The summed E-state index contributed by atoms with van der Waals surface area (Å²) in [5, 5.41) is 15.4. The molecule has 5 nitrogen and oxygen atoms in total. The third-order valence-corrected chi connectivity index (χ3v) is 3.01. The lowest BCUT2D eigenvalue weighted by Gasteiger charge is -2.03. The van der Waals surface area contributed by atoms with E-state index in [-0.39, 0.29) is 10.9 Å². The molecule has 1 N–H and O–H groups in total. The lowest BCUT2D eigenvalue weighted by Crippen LogP contribution is -2.16. The minimum absolute atomic E-state index is 0.167. The molecular weight excluding hydrogens is 200 g/mol. The summed E-state index contributed by atoms with van der Waals surface area (Å²) in [7, 11) is 0. The molecule has 1 aliphatic rings. The van der Waals surface area contributed by atoms with Crippen molar-refractivity contribution in [3.63, 3.8) is 0 Å². The Bertz CT molecular complexity index is 425. The predicted octanol–water partition coefficient (Wildman–Crippen LogP) is 0.910. The van der Waals surface area contributed by atoms with Crippen LogP contribution in [0.15, 0.2) is 9.95 Å². The smallest absolute Gasteiger partial charge is 0.267 e. The van der Waals surface area contributed by atoms with Crippen LogP contribution in [-0.4, -0.2) is 20.0 Å². The van der Waals surface area contributed by atoms with Crippen molar-refractivity contribution in [3.8, 4) is 6.07 Å². The van der Waals surface area contributed by atoms with E-state index in [1.807, 2.05) is 0 Å². The molecule has 1 aliphatic carbocycles. The number of nitrogens with one attached hydrogen (secondary N) is 1. The summed E-state index contributed by atoms with van der Waals surface area (Å²) in [6.45, 7) is 1.79. The summed E-state index contributed by atoms with van der Waals surface area (Å²) in [4.78, 5) is 11.3. The van der Waals surface area contributed by atoms with Crippen molar-refractivity contribution < 1.29 is 0 Å². The summed E-state index contributed by atoms with van der Waals surface area (Å²) >= 11 is 1.32. The summed E-state index contributed by atoms with van der Waals surface area (Å²) in [6.07, 6.45) is 2.07. The Hall–Kier alpha value is -1.22. The minimum atomic E-state index is -0.178. The van der Waals surface area contributed by atoms with Crippen LogP contribution in [0.2, 0.25) is 0 Å². The quantitative estimate of drug-likeness (QED) is 0.752. The molecule has 1 aromatic rings. The van der Waals surface area contributed by atoms with E-state index in [9.17, 15) is 4.79 Å². The van der Waals surface area contributed by atoms with E-state index < -0.39 is 0 Å². The zero-order chi connectivity index (χ0) is 10.1. The Kier molecular flexibility index (Phi) is 2.33. The van der Waals surface area contributed by atoms with Crippen LogP contribution in [0.1, 0.15) is 25.8 Å².